The molecule has 1 aromatic carbocycles. The molecule has 0 bridgehead atoms. The van der Waals surface area contributed by atoms with Gasteiger partial charge in [-0.05, 0) is 20.0 Å². The molecule has 0 aliphatic carbocycles. The highest BCUT2D eigenvalue weighted by molar-refractivity contribution is 5.70. The molecule has 6 heteroatoms. The van der Waals surface area contributed by atoms with Crippen LogP contribution >= 0.6 is 0 Å². The summed E-state index contributed by atoms with van der Waals surface area (Å²) in [5.41, 5.74) is -0.107. The lowest BCUT2D eigenvalue weighted by atomic mass is 10.0. The van der Waals surface area contributed by atoms with Crippen molar-refractivity contribution in [3.63, 3.8) is 0 Å². The van der Waals surface area contributed by atoms with Crippen LogP contribution in [0.2, 0.25) is 0 Å². The fraction of sp³-hybridized carbons (Fsp3) is 0.417. The number of hydrogen-bond donors (Lipinski definition) is 1. The van der Waals surface area contributed by atoms with Gasteiger partial charge in [-0.2, -0.15) is 0 Å². The summed E-state index contributed by atoms with van der Waals surface area (Å²) in [4.78, 5) is 11.3. The molecular formula is C12H14F3NO2. The van der Waals surface area contributed by atoms with Gasteiger partial charge in [-0.25, -0.2) is 13.2 Å². The van der Waals surface area contributed by atoms with Crippen molar-refractivity contribution in [3.05, 3.63) is 35.1 Å². The fourth-order valence-corrected chi connectivity index (χ4v) is 1.56. The lowest BCUT2D eigenvalue weighted by molar-refractivity contribution is -0.143. The Hall–Kier alpha value is -1.56. The first-order valence-corrected chi connectivity index (χ1v) is 5.46. The van der Waals surface area contributed by atoms with Gasteiger partial charge in [0.25, 0.3) is 0 Å². The molecule has 3 nitrogen and oxygen atoms in total. The second kappa shape index (κ2) is 6.39. The third-order valence-corrected chi connectivity index (χ3v) is 2.44. The van der Waals surface area contributed by atoms with Crippen LogP contribution in [0.4, 0.5) is 13.2 Å². The third kappa shape index (κ3) is 3.46. The molecule has 0 aliphatic rings. The largest absolute Gasteiger partial charge is 0.466 e. The summed E-state index contributed by atoms with van der Waals surface area (Å²) in [6.45, 7) is 1.85. The van der Waals surface area contributed by atoms with Gasteiger partial charge < -0.3 is 10.1 Å². The molecule has 0 fully saturated rings. The van der Waals surface area contributed by atoms with E-state index in [0.717, 1.165) is 6.07 Å². The normalized spacial score (nSPS) is 12.3. The summed E-state index contributed by atoms with van der Waals surface area (Å²) in [5.74, 6) is -3.86. The predicted octanol–water partition coefficient (Wildman–Crippen LogP) is 2.32. The van der Waals surface area contributed by atoms with Crippen LogP contribution in [-0.4, -0.2) is 19.6 Å². The van der Waals surface area contributed by atoms with Crippen molar-refractivity contribution >= 4 is 5.97 Å². The summed E-state index contributed by atoms with van der Waals surface area (Å²) in [6, 6.07) is 0.435. The minimum Gasteiger partial charge on any atom is -0.466 e. The fourth-order valence-electron chi connectivity index (χ4n) is 1.56. The second-order valence-corrected chi connectivity index (χ2v) is 3.64. The Labute approximate surface area is 103 Å². The maximum atomic E-state index is 13.5. The number of halogens is 3. The Balaban J connectivity index is 2.95. The maximum Gasteiger partial charge on any atom is 0.307 e. The van der Waals surface area contributed by atoms with E-state index >= 15 is 0 Å². The van der Waals surface area contributed by atoms with E-state index in [-0.39, 0.29) is 18.6 Å². The molecule has 18 heavy (non-hydrogen) atoms. The number of rotatable bonds is 5. The molecule has 100 valence electrons. The number of carbonyl (C=O) groups excluding carboxylic acids is 1. The SMILES string of the molecule is CCOC(=O)CC(NC)c1cc(F)c(F)cc1F. The topological polar surface area (TPSA) is 38.3 Å². The molecule has 0 saturated carbocycles. The Morgan fingerprint density at radius 2 is 1.89 bits per heavy atom. The van der Waals surface area contributed by atoms with Crippen molar-refractivity contribution in [1.29, 1.82) is 0 Å². The highest BCUT2D eigenvalue weighted by atomic mass is 19.2. The van der Waals surface area contributed by atoms with Crippen LogP contribution in [0, 0.1) is 17.5 Å². The highest BCUT2D eigenvalue weighted by Gasteiger charge is 2.20. The van der Waals surface area contributed by atoms with E-state index in [2.05, 4.69) is 5.32 Å². The van der Waals surface area contributed by atoms with Crippen LogP contribution in [0.15, 0.2) is 12.1 Å². The summed E-state index contributed by atoms with van der Waals surface area (Å²) in [6.07, 6.45) is -0.160. The van der Waals surface area contributed by atoms with Crippen molar-refractivity contribution in [3.8, 4) is 0 Å². The van der Waals surface area contributed by atoms with Crippen LogP contribution in [0.5, 0.6) is 0 Å². The first-order chi connectivity index (χ1) is 8.49. The Morgan fingerprint density at radius 3 is 2.44 bits per heavy atom. The standard InChI is InChI=1S/C12H14F3NO2/c1-3-18-12(17)6-11(16-2)7-4-9(14)10(15)5-8(7)13/h4-5,11,16H,3,6H2,1-2H3. The molecular weight excluding hydrogens is 247 g/mol. The van der Waals surface area contributed by atoms with Gasteiger partial charge in [0.15, 0.2) is 11.6 Å². The van der Waals surface area contributed by atoms with Gasteiger partial charge in [0, 0.05) is 17.7 Å². The zero-order valence-corrected chi connectivity index (χ0v) is 10.1. The average Bonchev–Trinajstić information content (AvgIpc) is 2.31. The maximum absolute atomic E-state index is 13.5. The van der Waals surface area contributed by atoms with E-state index in [1.54, 1.807) is 6.92 Å². The number of benzene rings is 1. The zero-order valence-electron chi connectivity index (χ0n) is 10.1. The molecule has 0 radical (unpaired) electrons. The summed E-state index contributed by atoms with van der Waals surface area (Å²) in [7, 11) is 1.49. The number of esters is 1. The second-order valence-electron chi connectivity index (χ2n) is 3.64. The van der Waals surface area contributed by atoms with Crippen molar-refractivity contribution < 1.29 is 22.7 Å². The van der Waals surface area contributed by atoms with Gasteiger partial charge in [-0.15, -0.1) is 0 Å². The Kier molecular flexibility index (Phi) is 5.15. The van der Waals surface area contributed by atoms with Crippen molar-refractivity contribution in [2.75, 3.05) is 13.7 Å². The van der Waals surface area contributed by atoms with Crippen molar-refractivity contribution in [1.82, 2.24) is 5.32 Å². The lowest BCUT2D eigenvalue weighted by Gasteiger charge is -2.16. The van der Waals surface area contributed by atoms with E-state index in [0.29, 0.717) is 6.07 Å². The highest BCUT2D eigenvalue weighted by Crippen LogP contribution is 2.23. The van der Waals surface area contributed by atoms with E-state index in [4.69, 9.17) is 4.74 Å². The molecule has 1 aromatic rings. The lowest BCUT2D eigenvalue weighted by Crippen LogP contribution is -2.22. The molecule has 0 spiro atoms. The molecule has 1 rings (SSSR count). The van der Waals surface area contributed by atoms with Gasteiger partial charge >= 0.3 is 5.97 Å². The van der Waals surface area contributed by atoms with Gasteiger partial charge in [0.1, 0.15) is 5.82 Å². The minimum absolute atomic E-state index is 0.107. The monoisotopic (exact) mass is 261 g/mol. The minimum atomic E-state index is -1.26. The zero-order chi connectivity index (χ0) is 13.7. The van der Waals surface area contributed by atoms with E-state index in [1.165, 1.54) is 7.05 Å². The molecule has 0 aliphatic heterocycles. The molecule has 0 amide bonds. The van der Waals surface area contributed by atoms with Crippen LogP contribution in [0.1, 0.15) is 24.9 Å². The van der Waals surface area contributed by atoms with E-state index in [1.807, 2.05) is 0 Å². The van der Waals surface area contributed by atoms with Gasteiger partial charge in [-0.1, -0.05) is 0 Å². The molecule has 1 N–H and O–H groups in total. The van der Waals surface area contributed by atoms with Crippen molar-refractivity contribution in [2.24, 2.45) is 0 Å². The Morgan fingerprint density at radius 1 is 1.28 bits per heavy atom. The van der Waals surface area contributed by atoms with Gasteiger partial charge in [0.05, 0.1) is 13.0 Å². The van der Waals surface area contributed by atoms with Crippen LogP contribution in [0.25, 0.3) is 0 Å². The summed E-state index contributed by atoms with van der Waals surface area (Å²) in [5, 5.41) is 2.67. The van der Waals surface area contributed by atoms with E-state index < -0.39 is 29.5 Å². The summed E-state index contributed by atoms with van der Waals surface area (Å²) < 4.78 is 44.1. The number of nitrogens with one attached hydrogen (secondary N) is 1. The Bertz CT molecular complexity index is 438. The quantitative estimate of drug-likeness (QED) is 0.653. The average molecular weight is 261 g/mol. The molecule has 1 atom stereocenters. The first-order valence-electron chi connectivity index (χ1n) is 5.46. The molecule has 0 saturated heterocycles. The van der Waals surface area contributed by atoms with Crippen LogP contribution in [0.3, 0.4) is 0 Å². The number of hydrogen-bond acceptors (Lipinski definition) is 3. The van der Waals surface area contributed by atoms with Crippen LogP contribution < -0.4 is 5.32 Å². The van der Waals surface area contributed by atoms with E-state index in [9.17, 15) is 18.0 Å². The number of carbonyl (C=O) groups is 1. The molecule has 0 heterocycles. The molecule has 1 unspecified atom stereocenters. The van der Waals surface area contributed by atoms with Crippen LogP contribution in [-0.2, 0) is 9.53 Å². The van der Waals surface area contributed by atoms with Crippen molar-refractivity contribution in [2.45, 2.75) is 19.4 Å². The first kappa shape index (κ1) is 14.5. The predicted molar refractivity (Wildman–Crippen MR) is 59.4 cm³/mol. The van der Waals surface area contributed by atoms with Gasteiger partial charge in [0.2, 0.25) is 0 Å². The number of ether oxygens (including phenoxy) is 1. The smallest absolute Gasteiger partial charge is 0.307 e. The molecule has 0 aromatic heterocycles. The summed E-state index contributed by atoms with van der Waals surface area (Å²) >= 11 is 0. The third-order valence-electron chi connectivity index (χ3n) is 2.44. The van der Waals surface area contributed by atoms with Gasteiger partial charge in [-0.3, -0.25) is 4.79 Å².